The van der Waals surface area contributed by atoms with Crippen LogP contribution < -0.4 is 10.6 Å². The number of nitrogens with one attached hydrogen (secondary N) is 2. The Morgan fingerprint density at radius 3 is 2.43 bits per heavy atom. The monoisotopic (exact) mass is 326 g/mol. The van der Waals surface area contributed by atoms with Crippen LogP contribution in [0.3, 0.4) is 0 Å². The van der Waals surface area contributed by atoms with Gasteiger partial charge in [0, 0.05) is 38.3 Å². The van der Waals surface area contributed by atoms with Crippen molar-refractivity contribution in [1.29, 1.82) is 0 Å². The van der Waals surface area contributed by atoms with Gasteiger partial charge in [-0.05, 0) is 60.8 Å². The van der Waals surface area contributed by atoms with Crippen molar-refractivity contribution in [2.24, 2.45) is 4.99 Å². The second kappa shape index (κ2) is 10.1. The summed E-state index contributed by atoms with van der Waals surface area (Å²) in [5.74, 6) is 0.907. The van der Waals surface area contributed by atoms with Crippen LogP contribution >= 0.6 is 0 Å². The number of hydrogen-bond acceptors (Lipinski definition) is 3. The van der Waals surface area contributed by atoms with Crippen molar-refractivity contribution in [3.05, 3.63) is 0 Å². The quantitative estimate of drug-likeness (QED) is 0.388. The van der Waals surface area contributed by atoms with Gasteiger partial charge in [-0.15, -0.1) is 0 Å². The lowest BCUT2D eigenvalue weighted by atomic mass is 10.0. The van der Waals surface area contributed by atoms with E-state index in [0.717, 1.165) is 58.0 Å². The van der Waals surface area contributed by atoms with Crippen molar-refractivity contribution < 1.29 is 4.74 Å². The van der Waals surface area contributed by atoms with Crippen molar-refractivity contribution in [3.8, 4) is 0 Å². The number of ether oxygens (including phenoxy) is 1. The lowest BCUT2D eigenvalue weighted by molar-refractivity contribution is 0.0283. The molecule has 1 atom stereocenters. The van der Waals surface area contributed by atoms with Gasteiger partial charge in [-0.2, -0.15) is 0 Å². The maximum absolute atomic E-state index is 5.81. The van der Waals surface area contributed by atoms with Gasteiger partial charge in [-0.1, -0.05) is 0 Å². The average molecular weight is 327 g/mol. The summed E-state index contributed by atoms with van der Waals surface area (Å²) in [6, 6.07) is 1.19. The highest BCUT2D eigenvalue weighted by atomic mass is 16.5. The van der Waals surface area contributed by atoms with Crippen molar-refractivity contribution >= 4 is 5.96 Å². The van der Waals surface area contributed by atoms with E-state index in [2.05, 4.69) is 57.1 Å². The molecule has 5 nitrogen and oxygen atoms in total. The van der Waals surface area contributed by atoms with Gasteiger partial charge in [-0.3, -0.25) is 9.89 Å². The lowest BCUT2D eigenvalue weighted by Gasteiger charge is -2.30. The molecule has 0 aromatic heterocycles. The Kier molecular flexibility index (Phi) is 8.92. The van der Waals surface area contributed by atoms with Crippen molar-refractivity contribution in [3.63, 3.8) is 0 Å². The fourth-order valence-electron chi connectivity index (χ4n) is 3.13. The lowest BCUT2D eigenvalue weighted by Crippen LogP contribution is -2.42. The van der Waals surface area contributed by atoms with Crippen LogP contribution in [0.4, 0.5) is 0 Å². The minimum atomic E-state index is -0.0750. The Bertz CT molecular complexity index is 341. The molecule has 1 saturated heterocycles. The third-order valence-corrected chi connectivity index (χ3v) is 4.43. The number of hydrogen-bond donors (Lipinski definition) is 2. The van der Waals surface area contributed by atoms with Gasteiger partial charge in [0.1, 0.15) is 0 Å². The predicted octanol–water partition coefficient (Wildman–Crippen LogP) is 2.62. The van der Waals surface area contributed by atoms with Gasteiger partial charge in [0.2, 0.25) is 0 Å². The standard InChI is InChI=1S/C18H38N4O/c1-7-19-17(21-14-18(6)10-8-13-23-18)20-11-9-12-22(15(2)3)16(4)5/h15-16H,7-14H2,1-6H3,(H2,19,20,21). The van der Waals surface area contributed by atoms with Gasteiger partial charge in [0.25, 0.3) is 0 Å². The maximum Gasteiger partial charge on any atom is 0.191 e. The summed E-state index contributed by atoms with van der Waals surface area (Å²) < 4.78 is 5.81. The molecule has 2 N–H and O–H groups in total. The van der Waals surface area contributed by atoms with E-state index in [0.29, 0.717) is 12.1 Å². The number of nitrogens with zero attached hydrogens (tertiary/aromatic N) is 2. The summed E-state index contributed by atoms with van der Waals surface area (Å²) in [7, 11) is 0. The fourth-order valence-corrected chi connectivity index (χ4v) is 3.13. The van der Waals surface area contributed by atoms with Crippen molar-refractivity contribution in [2.75, 3.05) is 32.8 Å². The van der Waals surface area contributed by atoms with Crippen LogP contribution in [0.1, 0.15) is 60.8 Å². The smallest absolute Gasteiger partial charge is 0.191 e. The SMILES string of the molecule is CCNC(=NCC1(C)CCCO1)NCCCN(C(C)C)C(C)C. The molecular formula is C18H38N4O. The fraction of sp³-hybridized carbons (Fsp3) is 0.944. The summed E-state index contributed by atoms with van der Waals surface area (Å²) in [4.78, 5) is 7.24. The van der Waals surface area contributed by atoms with E-state index in [1.165, 1.54) is 0 Å². The Morgan fingerprint density at radius 1 is 1.22 bits per heavy atom. The molecular weight excluding hydrogens is 288 g/mol. The molecule has 1 rings (SSSR count). The largest absolute Gasteiger partial charge is 0.373 e. The molecule has 0 aromatic rings. The second-order valence-corrected chi connectivity index (χ2v) is 7.30. The highest BCUT2D eigenvalue weighted by Crippen LogP contribution is 2.24. The van der Waals surface area contributed by atoms with E-state index in [-0.39, 0.29) is 5.60 Å². The first-order chi connectivity index (χ1) is 10.9. The van der Waals surface area contributed by atoms with Crippen LogP contribution in [0.2, 0.25) is 0 Å². The Labute approximate surface area is 143 Å². The Morgan fingerprint density at radius 2 is 1.91 bits per heavy atom. The zero-order chi connectivity index (χ0) is 17.3. The van der Waals surface area contributed by atoms with E-state index < -0.39 is 0 Å². The predicted molar refractivity (Wildman–Crippen MR) is 99.2 cm³/mol. The summed E-state index contributed by atoms with van der Waals surface area (Å²) in [6.07, 6.45) is 3.37. The molecule has 136 valence electrons. The van der Waals surface area contributed by atoms with Gasteiger partial charge in [-0.25, -0.2) is 0 Å². The normalized spacial score (nSPS) is 22.4. The zero-order valence-electron chi connectivity index (χ0n) is 16.1. The van der Waals surface area contributed by atoms with E-state index in [4.69, 9.17) is 9.73 Å². The summed E-state index contributed by atoms with van der Waals surface area (Å²) >= 11 is 0. The molecule has 1 aliphatic rings. The highest BCUT2D eigenvalue weighted by Gasteiger charge is 2.29. The van der Waals surface area contributed by atoms with Crippen LogP contribution in [0.5, 0.6) is 0 Å². The average Bonchev–Trinajstić information content (AvgIpc) is 2.90. The Hall–Kier alpha value is -0.810. The number of rotatable bonds is 9. The molecule has 1 unspecified atom stereocenters. The Balaban J connectivity index is 2.37. The van der Waals surface area contributed by atoms with E-state index in [1.807, 2.05) is 0 Å². The molecule has 0 radical (unpaired) electrons. The molecule has 0 aromatic carbocycles. The molecule has 1 aliphatic heterocycles. The first-order valence-corrected chi connectivity index (χ1v) is 9.30. The molecule has 0 bridgehead atoms. The molecule has 1 heterocycles. The van der Waals surface area contributed by atoms with E-state index in [9.17, 15) is 0 Å². The molecule has 23 heavy (non-hydrogen) atoms. The van der Waals surface area contributed by atoms with Crippen molar-refractivity contribution in [1.82, 2.24) is 15.5 Å². The third kappa shape index (κ3) is 7.53. The molecule has 5 heteroatoms. The second-order valence-electron chi connectivity index (χ2n) is 7.30. The molecule has 0 saturated carbocycles. The minimum absolute atomic E-state index is 0.0750. The van der Waals surface area contributed by atoms with Crippen LogP contribution in [0, 0.1) is 0 Å². The summed E-state index contributed by atoms with van der Waals surface area (Å²) in [5.41, 5.74) is -0.0750. The third-order valence-electron chi connectivity index (χ3n) is 4.43. The highest BCUT2D eigenvalue weighted by molar-refractivity contribution is 5.79. The van der Waals surface area contributed by atoms with E-state index >= 15 is 0 Å². The zero-order valence-corrected chi connectivity index (χ0v) is 16.1. The van der Waals surface area contributed by atoms with Gasteiger partial charge in [0.15, 0.2) is 5.96 Å². The minimum Gasteiger partial charge on any atom is -0.373 e. The van der Waals surface area contributed by atoms with Crippen LogP contribution in [-0.2, 0) is 4.74 Å². The molecule has 1 fully saturated rings. The summed E-state index contributed by atoms with van der Waals surface area (Å²) in [6.45, 7) is 17.9. The van der Waals surface area contributed by atoms with Crippen LogP contribution in [0.25, 0.3) is 0 Å². The molecule has 0 amide bonds. The van der Waals surface area contributed by atoms with Gasteiger partial charge < -0.3 is 15.4 Å². The first-order valence-electron chi connectivity index (χ1n) is 9.30. The van der Waals surface area contributed by atoms with Crippen LogP contribution in [-0.4, -0.2) is 61.3 Å². The molecule has 0 aliphatic carbocycles. The maximum atomic E-state index is 5.81. The first kappa shape index (κ1) is 20.2. The molecule has 0 spiro atoms. The van der Waals surface area contributed by atoms with Crippen LogP contribution in [0.15, 0.2) is 4.99 Å². The van der Waals surface area contributed by atoms with Gasteiger partial charge >= 0.3 is 0 Å². The summed E-state index contributed by atoms with van der Waals surface area (Å²) in [5, 5.41) is 6.78. The number of guanidine groups is 1. The topological polar surface area (TPSA) is 48.9 Å². The van der Waals surface area contributed by atoms with E-state index in [1.54, 1.807) is 0 Å². The number of aliphatic imine (C=N–C) groups is 1. The van der Waals surface area contributed by atoms with Crippen molar-refractivity contribution in [2.45, 2.75) is 78.5 Å². The van der Waals surface area contributed by atoms with Gasteiger partial charge in [0.05, 0.1) is 12.1 Å².